The average Bonchev–Trinajstić information content (AvgIpc) is 2.88. The topological polar surface area (TPSA) is 38.8 Å². The number of amides is 1. The molecule has 4 heteroatoms. The average molecular weight is 426 g/mol. The summed E-state index contributed by atoms with van der Waals surface area (Å²) in [7, 11) is 0. The molecule has 4 nitrogen and oxygen atoms in total. The Morgan fingerprint density at radius 3 is 2.19 bits per heavy atom. The first-order valence-corrected chi connectivity index (χ1v) is 11.2. The van der Waals surface area contributed by atoms with Gasteiger partial charge in [-0.25, -0.2) is 4.79 Å². The highest BCUT2D eigenvalue weighted by Gasteiger charge is 2.47. The molecule has 4 atom stereocenters. The molecule has 0 radical (unpaired) electrons. The second-order valence-electron chi connectivity index (χ2n) is 8.31. The molecule has 0 aromatic heterocycles. The minimum atomic E-state index is -0.294. The van der Waals surface area contributed by atoms with Gasteiger partial charge in [0.05, 0.1) is 18.2 Å². The molecule has 1 fully saturated rings. The molecule has 3 aromatic rings. The fraction of sp³-hybridized carbons (Fsp3) is 0.250. The van der Waals surface area contributed by atoms with Crippen molar-refractivity contribution in [3.8, 4) is 0 Å². The number of hydrogen-bond acceptors (Lipinski definition) is 3. The monoisotopic (exact) mass is 425 g/mol. The molecule has 5 rings (SSSR count). The minimum Gasteiger partial charge on any atom is -0.445 e. The smallest absolute Gasteiger partial charge is 0.411 e. The van der Waals surface area contributed by atoms with E-state index in [-0.39, 0.29) is 37.0 Å². The van der Waals surface area contributed by atoms with E-state index in [1.165, 1.54) is 0 Å². The first kappa shape index (κ1) is 20.5. The SMILES string of the molecule is O=C(OCc1ccccc1)N1[C@H]2CCC=C[C@H]2O[C@@H](c2ccccc2)[C@@H]1c1ccccc1. The number of ether oxygens (including phenoxy) is 2. The van der Waals surface area contributed by atoms with E-state index in [4.69, 9.17) is 9.47 Å². The normalized spacial score (nSPS) is 24.6. The molecule has 3 aromatic carbocycles. The Morgan fingerprint density at radius 2 is 1.50 bits per heavy atom. The summed E-state index contributed by atoms with van der Waals surface area (Å²) in [6.45, 7) is 0.252. The molecule has 1 saturated heterocycles. The Bertz CT molecular complexity index is 1050. The first-order valence-electron chi connectivity index (χ1n) is 11.2. The number of nitrogens with zero attached hydrogens (tertiary/aromatic N) is 1. The molecule has 1 aliphatic heterocycles. The second-order valence-corrected chi connectivity index (χ2v) is 8.31. The molecule has 0 saturated carbocycles. The fourth-order valence-corrected chi connectivity index (χ4v) is 4.75. The minimum absolute atomic E-state index is 0.0616. The molecule has 1 amide bonds. The Hall–Kier alpha value is -3.37. The maximum Gasteiger partial charge on any atom is 0.411 e. The highest BCUT2D eigenvalue weighted by atomic mass is 16.6. The van der Waals surface area contributed by atoms with Crippen LogP contribution in [-0.2, 0) is 16.1 Å². The van der Waals surface area contributed by atoms with E-state index < -0.39 is 0 Å². The van der Waals surface area contributed by atoms with Gasteiger partial charge in [0.1, 0.15) is 12.7 Å². The standard InChI is InChI=1S/C28H27NO3/c30-28(31-20-21-12-4-1-5-13-21)29-24-18-10-11-19-25(24)32-27(23-16-8-3-9-17-23)26(29)22-14-6-2-7-15-22/h1-9,11-17,19,24-27H,10,18,20H2/t24-,25+,26-,27-/m0/s1. The third-order valence-corrected chi connectivity index (χ3v) is 6.27. The van der Waals surface area contributed by atoms with Crippen LogP contribution in [0, 0.1) is 0 Å². The van der Waals surface area contributed by atoms with E-state index in [0.717, 1.165) is 29.5 Å². The highest BCUT2D eigenvalue weighted by molar-refractivity contribution is 5.69. The number of rotatable bonds is 4. The quantitative estimate of drug-likeness (QED) is 0.466. The summed E-state index contributed by atoms with van der Waals surface area (Å²) in [4.78, 5) is 15.5. The van der Waals surface area contributed by atoms with Crippen LogP contribution in [0.4, 0.5) is 4.79 Å². The summed E-state index contributed by atoms with van der Waals surface area (Å²) in [6, 6.07) is 29.8. The number of hydrogen-bond donors (Lipinski definition) is 0. The molecule has 0 spiro atoms. The molecule has 162 valence electrons. The van der Waals surface area contributed by atoms with Gasteiger partial charge in [-0.2, -0.15) is 0 Å². The van der Waals surface area contributed by atoms with Crippen molar-refractivity contribution in [2.24, 2.45) is 0 Å². The van der Waals surface area contributed by atoms with E-state index in [1.807, 2.05) is 71.6 Å². The Labute approximate surface area is 189 Å². The van der Waals surface area contributed by atoms with Crippen molar-refractivity contribution in [3.63, 3.8) is 0 Å². The summed E-state index contributed by atoms with van der Waals surface area (Å²) in [5.74, 6) is 0. The molecule has 0 unspecified atom stereocenters. The lowest BCUT2D eigenvalue weighted by Crippen LogP contribution is -2.56. The van der Waals surface area contributed by atoms with Gasteiger partial charge in [0, 0.05) is 0 Å². The zero-order chi connectivity index (χ0) is 21.8. The first-order chi connectivity index (χ1) is 15.8. The van der Waals surface area contributed by atoms with Crippen molar-refractivity contribution in [1.29, 1.82) is 0 Å². The van der Waals surface area contributed by atoms with Crippen LogP contribution in [0.15, 0.2) is 103 Å². The predicted octanol–water partition coefficient (Wildman–Crippen LogP) is 6.23. The molecule has 0 N–H and O–H groups in total. The second kappa shape index (κ2) is 9.41. The van der Waals surface area contributed by atoms with E-state index in [2.05, 4.69) is 36.4 Å². The number of carbonyl (C=O) groups is 1. The van der Waals surface area contributed by atoms with Crippen molar-refractivity contribution < 1.29 is 14.3 Å². The largest absolute Gasteiger partial charge is 0.445 e. The Kier molecular flexibility index (Phi) is 6.04. The van der Waals surface area contributed by atoms with Gasteiger partial charge in [0.2, 0.25) is 0 Å². The number of morpholine rings is 1. The van der Waals surface area contributed by atoms with Gasteiger partial charge in [-0.3, -0.25) is 4.90 Å². The summed E-state index contributed by atoms with van der Waals surface area (Å²) in [5.41, 5.74) is 3.08. The van der Waals surface area contributed by atoms with Crippen LogP contribution in [0.3, 0.4) is 0 Å². The maximum absolute atomic E-state index is 13.6. The van der Waals surface area contributed by atoms with Gasteiger partial charge in [0.25, 0.3) is 0 Å². The van der Waals surface area contributed by atoms with Crippen LogP contribution in [-0.4, -0.2) is 23.1 Å². The number of carbonyl (C=O) groups excluding carboxylic acids is 1. The molecule has 32 heavy (non-hydrogen) atoms. The maximum atomic E-state index is 13.6. The van der Waals surface area contributed by atoms with E-state index in [1.54, 1.807) is 0 Å². The van der Waals surface area contributed by atoms with Crippen molar-refractivity contribution in [2.75, 3.05) is 0 Å². The highest BCUT2D eigenvalue weighted by Crippen LogP contribution is 2.46. The third-order valence-electron chi connectivity index (χ3n) is 6.27. The zero-order valence-corrected chi connectivity index (χ0v) is 17.9. The third kappa shape index (κ3) is 4.19. The molecule has 1 heterocycles. The van der Waals surface area contributed by atoms with Crippen molar-refractivity contribution in [3.05, 3.63) is 120 Å². The van der Waals surface area contributed by atoms with Gasteiger partial charge in [0.15, 0.2) is 0 Å². The van der Waals surface area contributed by atoms with E-state index in [9.17, 15) is 4.79 Å². The molecule has 1 aliphatic carbocycles. The van der Waals surface area contributed by atoms with E-state index in [0.29, 0.717) is 0 Å². The predicted molar refractivity (Wildman–Crippen MR) is 124 cm³/mol. The summed E-state index contributed by atoms with van der Waals surface area (Å²) >= 11 is 0. The van der Waals surface area contributed by atoms with Crippen molar-refractivity contribution in [2.45, 2.75) is 43.7 Å². The molecule has 0 bridgehead atoms. The van der Waals surface area contributed by atoms with Crippen LogP contribution in [0.5, 0.6) is 0 Å². The van der Waals surface area contributed by atoms with Crippen LogP contribution in [0.1, 0.15) is 41.7 Å². The van der Waals surface area contributed by atoms with Gasteiger partial charge in [-0.05, 0) is 29.5 Å². The summed E-state index contributed by atoms with van der Waals surface area (Å²) in [6.07, 6.45) is 5.29. The molecular weight excluding hydrogens is 398 g/mol. The lowest BCUT2D eigenvalue weighted by atomic mass is 9.86. The van der Waals surface area contributed by atoms with Crippen LogP contribution >= 0.6 is 0 Å². The Morgan fingerprint density at radius 1 is 0.875 bits per heavy atom. The van der Waals surface area contributed by atoms with Gasteiger partial charge >= 0.3 is 6.09 Å². The zero-order valence-electron chi connectivity index (χ0n) is 17.9. The lowest BCUT2D eigenvalue weighted by Gasteiger charge is -2.50. The fourth-order valence-electron chi connectivity index (χ4n) is 4.75. The summed E-state index contributed by atoms with van der Waals surface area (Å²) < 4.78 is 12.5. The number of allylic oxidation sites excluding steroid dienone is 1. The lowest BCUT2D eigenvalue weighted by molar-refractivity contribution is -0.134. The van der Waals surface area contributed by atoms with Gasteiger partial charge in [-0.1, -0.05) is 103 Å². The molecule has 2 aliphatic rings. The van der Waals surface area contributed by atoms with Crippen LogP contribution < -0.4 is 0 Å². The summed E-state index contributed by atoms with van der Waals surface area (Å²) in [5, 5.41) is 0. The number of fused-ring (bicyclic) bond motifs is 1. The van der Waals surface area contributed by atoms with Crippen molar-refractivity contribution in [1.82, 2.24) is 4.90 Å². The van der Waals surface area contributed by atoms with Crippen molar-refractivity contribution >= 4 is 6.09 Å². The van der Waals surface area contributed by atoms with Gasteiger partial charge in [-0.15, -0.1) is 0 Å². The molecular formula is C28H27NO3. The van der Waals surface area contributed by atoms with Gasteiger partial charge < -0.3 is 9.47 Å². The van der Waals surface area contributed by atoms with Crippen LogP contribution in [0.25, 0.3) is 0 Å². The van der Waals surface area contributed by atoms with Crippen LogP contribution in [0.2, 0.25) is 0 Å². The van der Waals surface area contributed by atoms with E-state index >= 15 is 0 Å². The Balaban J connectivity index is 1.53. The number of benzene rings is 3.